The van der Waals surface area contributed by atoms with Crippen molar-refractivity contribution in [1.82, 2.24) is 10.2 Å². The molecule has 2 saturated heterocycles. The molecular formula is C15H20N2O3S. The number of sulfone groups is 1. The van der Waals surface area contributed by atoms with Crippen molar-refractivity contribution in [3.05, 3.63) is 35.9 Å². The molecule has 2 unspecified atom stereocenters. The maximum Gasteiger partial charge on any atom is 0.241 e. The van der Waals surface area contributed by atoms with E-state index in [4.69, 9.17) is 0 Å². The normalized spacial score (nSPS) is 28.2. The summed E-state index contributed by atoms with van der Waals surface area (Å²) in [5.74, 6) is 0.279. The second-order valence-corrected chi connectivity index (χ2v) is 8.20. The summed E-state index contributed by atoms with van der Waals surface area (Å²) >= 11 is 0. The second kappa shape index (κ2) is 5.77. The van der Waals surface area contributed by atoms with Crippen LogP contribution < -0.4 is 5.32 Å². The standard InChI is InChI=1S/C15H20N2O3S/c18-15-14(9-12-5-2-1-3-6-12)16-11-17(15)10-13-7-4-8-21(13,19)20/h1-3,5-6,13-14,16H,4,7-11H2. The Hall–Kier alpha value is -1.40. The van der Waals surface area contributed by atoms with Gasteiger partial charge in [-0.3, -0.25) is 10.1 Å². The molecule has 0 radical (unpaired) electrons. The number of carbonyl (C=O) groups excluding carboxylic acids is 1. The van der Waals surface area contributed by atoms with Crippen molar-refractivity contribution in [2.24, 2.45) is 0 Å². The van der Waals surface area contributed by atoms with Gasteiger partial charge in [0.25, 0.3) is 0 Å². The van der Waals surface area contributed by atoms with Gasteiger partial charge in [0, 0.05) is 6.54 Å². The fourth-order valence-corrected chi connectivity index (χ4v) is 4.91. The fourth-order valence-electron chi connectivity index (χ4n) is 3.08. The van der Waals surface area contributed by atoms with Crippen LogP contribution in [-0.4, -0.2) is 49.5 Å². The Morgan fingerprint density at radius 2 is 2.00 bits per heavy atom. The molecular weight excluding hydrogens is 288 g/mol. The van der Waals surface area contributed by atoms with Gasteiger partial charge in [0.1, 0.15) is 0 Å². The number of hydrogen-bond acceptors (Lipinski definition) is 4. The minimum absolute atomic E-state index is 0.0148. The quantitative estimate of drug-likeness (QED) is 0.883. The predicted molar refractivity (Wildman–Crippen MR) is 80.5 cm³/mol. The fraction of sp³-hybridized carbons (Fsp3) is 0.533. The first-order valence-corrected chi connectivity index (χ1v) is 9.05. The zero-order valence-corrected chi connectivity index (χ0v) is 12.7. The molecule has 1 N–H and O–H groups in total. The van der Waals surface area contributed by atoms with Crippen molar-refractivity contribution in [2.45, 2.75) is 30.6 Å². The number of hydrogen-bond donors (Lipinski definition) is 1. The molecule has 6 heteroatoms. The molecule has 21 heavy (non-hydrogen) atoms. The minimum Gasteiger partial charge on any atom is -0.327 e. The second-order valence-electron chi connectivity index (χ2n) is 5.80. The van der Waals surface area contributed by atoms with Crippen LogP contribution in [0, 0.1) is 0 Å². The molecule has 0 saturated carbocycles. The number of carbonyl (C=O) groups is 1. The summed E-state index contributed by atoms with van der Waals surface area (Å²) in [7, 11) is -3.00. The number of amides is 1. The van der Waals surface area contributed by atoms with Crippen LogP contribution in [0.25, 0.3) is 0 Å². The Bertz CT molecular complexity index is 615. The Morgan fingerprint density at radius 3 is 2.67 bits per heavy atom. The molecule has 0 aliphatic carbocycles. The zero-order chi connectivity index (χ0) is 14.9. The summed E-state index contributed by atoms with van der Waals surface area (Å²) in [6.45, 7) is 0.780. The molecule has 1 amide bonds. The minimum atomic E-state index is -3.00. The van der Waals surface area contributed by atoms with Gasteiger partial charge in [-0.25, -0.2) is 8.42 Å². The molecule has 0 spiro atoms. The van der Waals surface area contributed by atoms with Crippen LogP contribution in [0.4, 0.5) is 0 Å². The molecule has 2 atom stereocenters. The SMILES string of the molecule is O=C1C(Cc2ccccc2)NCN1CC1CCCS1(=O)=O. The molecule has 3 rings (SSSR count). The first-order valence-electron chi connectivity index (χ1n) is 7.34. The number of rotatable bonds is 4. The van der Waals surface area contributed by atoms with Crippen molar-refractivity contribution in [2.75, 3.05) is 19.0 Å². The van der Waals surface area contributed by atoms with Gasteiger partial charge < -0.3 is 4.90 Å². The highest BCUT2D eigenvalue weighted by Crippen LogP contribution is 2.22. The van der Waals surface area contributed by atoms with Crippen LogP contribution in [0.1, 0.15) is 18.4 Å². The van der Waals surface area contributed by atoms with Crippen LogP contribution in [0.3, 0.4) is 0 Å². The van der Waals surface area contributed by atoms with E-state index in [2.05, 4.69) is 5.32 Å². The molecule has 5 nitrogen and oxygen atoms in total. The molecule has 0 aromatic heterocycles. The lowest BCUT2D eigenvalue weighted by Gasteiger charge is -2.19. The van der Waals surface area contributed by atoms with E-state index in [1.807, 2.05) is 30.3 Å². The topological polar surface area (TPSA) is 66.5 Å². The largest absolute Gasteiger partial charge is 0.327 e. The Balaban J connectivity index is 1.61. The highest BCUT2D eigenvalue weighted by atomic mass is 32.2. The average molecular weight is 308 g/mol. The predicted octanol–water partition coefficient (Wildman–Crippen LogP) is 0.564. The van der Waals surface area contributed by atoms with Crippen molar-refractivity contribution < 1.29 is 13.2 Å². The van der Waals surface area contributed by atoms with E-state index in [-0.39, 0.29) is 23.0 Å². The first kappa shape index (κ1) is 14.5. The summed E-state index contributed by atoms with van der Waals surface area (Å²) < 4.78 is 23.7. The van der Waals surface area contributed by atoms with E-state index in [1.165, 1.54) is 0 Å². The van der Waals surface area contributed by atoms with Crippen molar-refractivity contribution in [3.8, 4) is 0 Å². The third-order valence-electron chi connectivity index (χ3n) is 4.31. The number of nitrogens with zero attached hydrogens (tertiary/aromatic N) is 1. The zero-order valence-electron chi connectivity index (χ0n) is 11.9. The smallest absolute Gasteiger partial charge is 0.241 e. The lowest BCUT2D eigenvalue weighted by molar-refractivity contribution is -0.128. The molecule has 1 aromatic rings. The van der Waals surface area contributed by atoms with Crippen LogP contribution in [0.5, 0.6) is 0 Å². The van der Waals surface area contributed by atoms with Crippen molar-refractivity contribution >= 4 is 15.7 Å². The maximum atomic E-state index is 12.4. The third-order valence-corrected chi connectivity index (χ3v) is 6.57. The van der Waals surface area contributed by atoms with E-state index in [1.54, 1.807) is 4.90 Å². The highest BCUT2D eigenvalue weighted by Gasteiger charge is 2.37. The van der Waals surface area contributed by atoms with Crippen LogP contribution in [0.2, 0.25) is 0 Å². The van der Waals surface area contributed by atoms with Gasteiger partial charge in [-0.2, -0.15) is 0 Å². The summed E-state index contributed by atoms with van der Waals surface area (Å²) in [6.07, 6.45) is 2.04. The average Bonchev–Trinajstić information content (AvgIpc) is 2.97. The summed E-state index contributed by atoms with van der Waals surface area (Å²) in [5.41, 5.74) is 1.11. The van der Waals surface area contributed by atoms with E-state index < -0.39 is 9.84 Å². The van der Waals surface area contributed by atoms with Crippen LogP contribution in [-0.2, 0) is 21.1 Å². The van der Waals surface area contributed by atoms with Crippen LogP contribution >= 0.6 is 0 Å². The first-order chi connectivity index (χ1) is 10.1. The Morgan fingerprint density at radius 1 is 1.24 bits per heavy atom. The van der Waals surface area contributed by atoms with Gasteiger partial charge >= 0.3 is 0 Å². The van der Waals surface area contributed by atoms with Gasteiger partial charge in [-0.15, -0.1) is 0 Å². The van der Waals surface area contributed by atoms with E-state index in [0.717, 1.165) is 12.0 Å². The summed E-state index contributed by atoms with van der Waals surface area (Å²) in [4.78, 5) is 14.0. The summed E-state index contributed by atoms with van der Waals surface area (Å²) in [5, 5.41) is 2.81. The Labute approximate surface area is 125 Å². The van der Waals surface area contributed by atoms with Gasteiger partial charge in [-0.05, 0) is 24.8 Å². The molecule has 2 fully saturated rings. The summed E-state index contributed by atoms with van der Waals surface area (Å²) in [6, 6.07) is 9.62. The molecule has 114 valence electrons. The maximum absolute atomic E-state index is 12.4. The monoisotopic (exact) mass is 308 g/mol. The van der Waals surface area contributed by atoms with E-state index >= 15 is 0 Å². The lowest BCUT2D eigenvalue weighted by Crippen LogP contribution is -2.38. The van der Waals surface area contributed by atoms with Crippen molar-refractivity contribution in [3.63, 3.8) is 0 Å². The van der Waals surface area contributed by atoms with Gasteiger partial charge in [-0.1, -0.05) is 30.3 Å². The van der Waals surface area contributed by atoms with Crippen molar-refractivity contribution in [1.29, 1.82) is 0 Å². The highest BCUT2D eigenvalue weighted by molar-refractivity contribution is 7.92. The third kappa shape index (κ3) is 3.11. The lowest BCUT2D eigenvalue weighted by atomic mass is 10.1. The molecule has 0 bridgehead atoms. The van der Waals surface area contributed by atoms with E-state index in [0.29, 0.717) is 26.1 Å². The van der Waals surface area contributed by atoms with E-state index in [9.17, 15) is 13.2 Å². The number of nitrogens with one attached hydrogen (secondary N) is 1. The van der Waals surface area contributed by atoms with Gasteiger partial charge in [0.05, 0.1) is 23.7 Å². The Kier molecular flexibility index (Phi) is 3.99. The van der Waals surface area contributed by atoms with Gasteiger partial charge in [0.15, 0.2) is 9.84 Å². The molecule has 2 aliphatic heterocycles. The van der Waals surface area contributed by atoms with Crippen LogP contribution in [0.15, 0.2) is 30.3 Å². The number of benzene rings is 1. The molecule has 2 aliphatic rings. The van der Waals surface area contributed by atoms with Gasteiger partial charge in [0.2, 0.25) is 5.91 Å². The molecule has 1 aromatic carbocycles. The molecule has 2 heterocycles.